The summed E-state index contributed by atoms with van der Waals surface area (Å²) >= 11 is 0. The van der Waals surface area contributed by atoms with Crippen LogP contribution in [0.15, 0.2) is 24.3 Å². The molecule has 0 aliphatic carbocycles. The van der Waals surface area contributed by atoms with Gasteiger partial charge in [-0.15, -0.1) is 0 Å². The molecule has 2 N–H and O–H groups in total. The Morgan fingerprint density at radius 2 is 1.95 bits per heavy atom. The van der Waals surface area contributed by atoms with Gasteiger partial charge in [-0.3, -0.25) is 4.90 Å². The zero-order valence-corrected chi connectivity index (χ0v) is 13.7. The molecule has 1 aromatic rings. The van der Waals surface area contributed by atoms with Crippen LogP contribution in [0.5, 0.6) is 5.75 Å². The van der Waals surface area contributed by atoms with Gasteiger partial charge in [0.05, 0.1) is 6.10 Å². The molecule has 0 bridgehead atoms. The molecule has 118 valence electrons. The van der Waals surface area contributed by atoms with Crippen molar-refractivity contribution >= 4 is 0 Å². The van der Waals surface area contributed by atoms with Crippen LogP contribution in [0.4, 0.5) is 0 Å². The smallest absolute Gasteiger partial charge is 0.119 e. The van der Waals surface area contributed by atoms with Crippen LogP contribution in [0.3, 0.4) is 0 Å². The van der Waals surface area contributed by atoms with Gasteiger partial charge in [-0.1, -0.05) is 25.5 Å². The van der Waals surface area contributed by atoms with Crippen molar-refractivity contribution in [3.05, 3.63) is 29.8 Å². The van der Waals surface area contributed by atoms with Crippen molar-refractivity contribution in [3.63, 3.8) is 0 Å². The van der Waals surface area contributed by atoms with E-state index < -0.39 is 0 Å². The predicted octanol–water partition coefficient (Wildman–Crippen LogP) is 3.74. The molecular formula is C18H30N2O. The third kappa shape index (κ3) is 4.72. The van der Waals surface area contributed by atoms with E-state index in [2.05, 4.69) is 24.0 Å². The van der Waals surface area contributed by atoms with Crippen LogP contribution < -0.4 is 10.5 Å². The van der Waals surface area contributed by atoms with Crippen LogP contribution in [-0.4, -0.2) is 30.1 Å². The predicted molar refractivity (Wildman–Crippen MR) is 88.6 cm³/mol. The van der Waals surface area contributed by atoms with Gasteiger partial charge < -0.3 is 10.5 Å². The van der Waals surface area contributed by atoms with Crippen LogP contribution in [0.25, 0.3) is 0 Å². The summed E-state index contributed by atoms with van der Waals surface area (Å²) in [6.07, 6.45) is 5.44. The number of benzene rings is 1. The second-order valence-corrected chi connectivity index (χ2v) is 6.39. The summed E-state index contributed by atoms with van der Waals surface area (Å²) in [5, 5.41) is 0. The van der Waals surface area contributed by atoms with E-state index in [0.29, 0.717) is 6.04 Å². The average molecular weight is 290 g/mol. The van der Waals surface area contributed by atoms with Crippen LogP contribution in [0, 0.1) is 0 Å². The number of likely N-dealkylation sites (tertiary alicyclic amines) is 1. The fourth-order valence-corrected chi connectivity index (χ4v) is 3.19. The van der Waals surface area contributed by atoms with Gasteiger partial charge in [-0.25, -0.2) is 0 Å². The Balaban J connectivity index is 1.94. The second kappa shape index (κ2) is 7.81. The lowest BCUT2D eigenvalue weighted by molar-refractivity contribution is 0.135. The largest absolute Gasteiger partial charge is 0.491 e. The summed E-state index contributed by atoms with van der Waals surface area (Å²) in [5.74, 6) is 0.922. The van der Waals surface area contributed by atoms with Crippen LogP contribution in [-0.2, 0) is 0 Å². The van der Waals surface area contributed by atoms with Gasteiger partial charge in [0.1, 0.15) is 5.75 Å². The molecule has 21 heavy (non-hydrogen) atoms. The Hall–Kier alpha value is -1.06. The van der Waals surface area contributed by atoms with Crippen LogP contribution >= 0.6 is 0 Å². The van der Waals surface area contributed by atoms with E-state index in [9.17, 15) is 0 Å². The lowest BCUT2D eigenvalue weighted by atomic mass is 9.98. The fourth-order valence-electron chi connectivity index (χ4n) is 3.19. The van der Waals surface area contributed by atoms with E-state index in [1.165, 1.54) is 37.8 Å². The molecule has 1 saturated heterocycles. The molecule has 1 aliphatic heterocycles. The SMILES string of the molecule is CCC1CCCCN1CC(N)c1ccc(OC(C)C)cc1. The van der Waals surface area contributed by atoms with Crippen LogP contribution in [0.1, 0.15) is 58.1 Å². The van der Waals surface area contributed by atoms with Crippen molar-refractivity contribution in [1.29, 1.82) is 0 Å². The maximum atomic E-state index is 6.41. The molecule has 1 aliphatic rings. The maximum Gasteiger partial charge on any atom is 0.119 e. The lowest BCUT2D eigenvalue weighted by Gasteiger charge is -2.36. The Morgan fingerprint density at radius 1 is 1.24 bits per heavy atom. The van der Waals surface area contributed by atoms with E-state index in [4.69, 9.17) is 10.5 Å². The third-order valence-corrected chi connectivity index (χ3v) is 4.33. The number of ether oxygens (including phenoxy) is 1. The molecule has 3 nitrogen and oxygen atoms in total. The summed E-state index contributed by atoms with van der Waals surface area (Å²) in [6.45, 7) is 8.53. The molecular weight excluding hydrogens is 260 g/mol. The quantitative estimate of drug-likeness (QED) is 0.867. The van der Waals surface area contributed by atoms with E-state index in [1.807, 2.05) is 26.0 Å². The zero-order chi connectivity index (χ0) is 15.2. The first-order chi connectivity index (χ1) is 10.1. The number of hydrogen-bond acceptors (Lipinski definition) is 3. The van der Waals surface area contributed by atoms with E-state index >= 15 is 0 Å². The molecule has 0 amide bonds. The number of rotatable bonds is 6. The van der Waals surface area contributed by atoms with E-state index in [0.717, 1.165) is 12.3 Å². The highest BCUT2D eigenvalue weighted by Gasteiger charge is 2.22. The molecule has 1 aromatic carbocycles. The average Bonchev–Trinajstić information content (AvgIpc) is 2.48. The van der Waals surface area contributed by atoms with Crippen molar-refractivity contribution in [2.45, 2.75) is 64.6 Å². The molecule has 0 saturated carbocycles. The molecule has 2 atom stereocenters. The highest BCUT2D eigenvalue weighted by atomic mass is 16.5. The molecule has 1 heterocycles. The summed E-state index contributed by atoms with van der Waals surface area (Å²) < 4.78 is 5.68. The molecule has 2 unspecified atom stereocenters. The Kier molecular flexibility index (Phi) is 6.07. The number of nitrogens with two attached hydrogens (primary N) is 1. The second-order valence-electron chi connectivity index (χ2n) is 6.39. The normalized spacial score (nSPS) is 21.5. The molecule has 0 aromatic heterocycles. The first-order valence-electron chi connectivity index (χ1n) is 8.36. The van der Waals surface area contributed by atoms with Crippen molar-refractivity contribution in [1.82, 2.24) is 4.90 Å². The summed E-state index contributed by atoms with van der Waals surface area (Å²) in [5.41, 5.74) is 7.61. The number of hydrogen-bond donors (Lipinski definition) is 1. The monoisotopic (exact) mass is 290 g/mol. The maximum absolute atomic E-state index is 6.41. The van der Waals surface area contributed by atoms with Gasteiger partial charge in [0.25, 0.3) is 0 Å². The molecule has 2 rings (SSSR count). The van der Waals surface area contributed by atoms with Gasteiger partial charge in [-0.05, 0) is 57.4 Å². The number of piperidine rings is 1. The van der Waals surface area contributed by atoms with Crippen molar-refractivity contribution in [2.75, 3.05) is 13.1 Å². The minimum atomic E-state index is 0.0882. The molecule has 1 fully saturated rings. The molecule has 3 heteroatoms. The lowest BCUT2D eigenvalue weighted by Crippen LogP contribution is -2.42. The van der Waals surface area contributed by atoms with Gasteiger partial charge >= 0.3 is 0 Å². The Morgan fingerprint density at radius 3 is 2.57 bits per heavy atom. The molecule has 0 radical (unpaired) electrons. The summed E-state index contributed by atoms with van der Waals surface area (Å²) in [4.78, 5) is 2.58. The van der Waals surface area contributed by atoms with E-state index in [-0.39, 0.29) is 12.1 Å². The van der Waals surface area contributed by atoms with Gasteiger partial charge in [0.15, 0.2) is 0 Å². The molecule has 0 spiro atoms. The number of nitrogens with zero attached hydrogens (tertiary/aromatic N) is 1. The Labute approximate surface area is 129 Å². The van der Waals surface area contributed by atoms with Crippen molar-refractivity contribution < 1.29 is 4.74 Å². The third-order valence-electron chi connectivity index (χ3n) is 4.33. The van der Waals surface area contributed by atoms with Gasteiger partial charge in [0.2, 0.25) is 0 Å². The van der Waals surface area contributed by atoms with Crippen LogP contribution in [0.2, 0.25) is 0 Å². The van der Waals surface area contributed by atoms with E-state index in [1.54, 1.807) is 0 Å². The minimum absolute atomic E-state index is 0.0882. The topological polar surface area (TPSA) is 38.5 Å². The fraction of sp³-hybridized carbons (Fsp3) is 0.667. The highest BCUT2D eigenvalue weighted by Crippen LogP contribution is 2.23. The first kappa shape index (κ1) is 16.3. The van der Waals surface area contributed by atoms with Gasteiger partial charge in [0, 0.05) is 18.6 Å². The first-order valence-corrected chi connectivity index (χ1v) is 8.36. The van der Waals surface area contributed by atoms with Crippen molar-refractivity contribution in [2.24, 2.45) is 5.73 Å². The Bertz CT molecular complexity index is 416. The summed E-state index contributed by atoms with van der Waals surface area (Å²) in [7, 11) is 0. The standard InChI is InChI=1S/C18H30N2O/c1-4-16-7-5-6-12-20(16)13-18(19)15-8-10-17(11-9-15)21-14(2)3/h8-11,14,16,18H,4-7,12-13,19H2,1-3H3. The van der Waals surface area contributed by atoms with Gasteiger partial charge in [-0.2, -0.15) is 0 Å². The minimum Gasteiger partial charge on any atom is -0.491 e. The van der Waals surface area contributed by atoms with Crippen molar-refractivity contribution in [3.8, 4) is 5.75 Å². The zero-order valence-electron chi connectivity index (χ0n) is 13.7. The summed E-state index contributed by atoms with van der Waals surface area (Å²) in [6, 6.07) is 9.07. The highest BCUT2D eigenvalue weighted by molar-refractivity contribution is 5.29.